The predicted octanol–water partition coefficient (Wildman–Crippen LogP) is 1.87. The molecule has 1 aliphatic rings. The van der Waals surface area contributed by atoms with Gasteiger partial charge in [-0.25, -0.2) is 15.4 Å². The second-order valence-corrected chi connectivity index (χ2v) is 4.83. The number of carbonyl (C=O) groups excluding carboxylic acids is 1. The van der Waals surface area contributed by atoms with Crippen LogP contribution >= 0.6 is 0 Å². The minimum Gasteiger partial charge on any atom is -0.291 e. The van der Waals surface area contributed by atoms with Gasteiger partial charge in [-0.15, -0.1) is 0 Å². The molecule has 1 aliphatic carbocycles. The molecule has 0 aromatic carbocycles. The molecule has 104 valence electrons. The first-order chi connectivity index (χ1) is 9.83. The number of carbonyl (C=O) groups is 1. The normalized spacial score (nSPS) is 15.4. The van der Waals surface area contributed by atoms with E-state index in [1.165, 1.54) is 19.0 Å². The number of aromatic nitrogens is 3. The van der Waals surface area contributed by atoms with Crippen LogP contribution in [0.4, 0.5) is 0 Å². The molecule has 2 aromatic rings. The fourth-order valence-electron chi connectivity index (χ4n) is 2.27. The van der Waals surface area contributed by atoms with Gasteiger partial charge in [0.2, 0.25) is 0 Å². The molecule has 6 heteroatoms. The Hall–Kier alpha value is -2.21. The number of pyridine rings is 1. The van der Waals surface area contributed by atoms with Gasteiger partial charge in [-0.05, 0) is 25.0 Å². The summed E-state index contributed by atoms with van der Waals surface area (Å²) in [7, 11) is 0. The van der Waals surface area contributed by atoms with E-state index in [1.54, 1.807) is 35.4 Å². The molecular weight excluding hydrogens is 256 g/mol. The molecule has 6 nitrogen and oxygen atoms in total. The van der Waals surface area contributed by atoms with Crippen LogP contribution < -0.4 is 5.48 Å². The van der Waals surface area contributed by atoms with Crippen LogP contribution in [0.25, 0.3) is 5.82 Å². The average molecular weight is 272 g/mol. The lowest BCUT2D eigenvalue weighted by atomic mass is 10.3. The van der Waals surface area contributed by atoms with Gasteiger partial charge in [-0.1, -0.05) is 12.8 Å². The van der Waals surface area contributed by atoms with Crippen molar-refractivity contribution in [3.05, 3.63) is 42.6 Å². The van der Waals surface area contributed by atoms with Crippen LogP contribution in [0.15, 0.2) is 37.1 Å². The van der Waals surface area contributed by atoms with Crippen LogP contribution in [0.1, 0.15) is 36.0 Å². The summed E-state index contributed by atoms with van der Waals surface area (Å²) in [5, 5.41) is 0. The van der Waals surface area contributed by atoms with Gasteiger partial charge in [0.05, 0.1) is 11.7 Å². The molecule has 0 bridgehead atoms. The first kappa shape index (κ1) is 12.8. The molecule has 0 spiro atoms. The third-order valence-corrected chi connectivity index (χ3v) is 3.40. The number of hydroxylamine groups is 1. The Balaban J connectivity index is 1.60. The van der Waals surface area contributed by atoms with Crippen LogP contribution in [-0.2, 0) is 4.84 Å². The van der Waals surface area contributed by atoms with Gasteiger partial charge in [-0.3, -0.25) is 14.2 Å². The Kier molecular flexibility index (Phi) is 3.73. The highest BCUT2D eigenvalue weighted by atomic mass is 16.7. The lowest BCUT2D eigenvalue weighted by Gasteiger charge is -2.11. The quantitative estimate of drug-likeness (QED) is 0.863. The number of hydrogen-bond donors (Lipinski definition) is 1. The standard InChI is InChI=1S/C14H16N4O2/c19-14(17-20-12-3-1-2-4-12)11-5-6-13(16-9-11)18-8-7-15-10-18/h5-10,12H,1-4H2,(H,17,19). The first-order valence-electron chi connectivity index (χ1n) is 6.73. The molecule has 0 unspecified atom stereocenters. The molecule has 20 heavy (non-hydrogen) atoms. The molecule has 2 aromatic heterocycles. The first-order valence-corrected chi connectivity index (χ1v) is 6.73. The summed E-state index contributed by atoms with van der Waals surface area (Å²) in [6.07, 6.45) is 11.2. The van der Waals surface area contributed by atoms with Crippen LogP contribution in [0.2, 0.25) is 0 Å². The van der Waals surface area contributed by atoms with E-state index in [4.69, 9.17) is 4.84 Å². The van der Waals surface area contributed by atoms with Gasteiger partial charge in [0.15, 0.2) is 0 Å². The van der Waals surface area contributed by atoms with E-state index in [9.17, 15) is 4.79 Å². The molecule has 1 fully saturated rings. The summed E-state index contributed by atoms with van der Waals surface area (Å²) < 4.78 is 1.77. The van der Waals surface area contributed by atoms with Crippen LogP contribution in [0, 0.1) is 0 Å². The summed E-state index contributed by atoms with van der Waals surface area (Å²) in [6, 6.07) is 3.49. The minimum absolute atomic E-state index is 0.150. The third-order valence-electron chi connectivity index (χ3n) is 3.40. The molecule has 0 radical (unpaired) electrons. The SMILES string of the molecule is O=C(NOC1CCCC1)c1ccc(-n2ccnc2)nc1. The van der Waals surface area contributed by atoms with Crippen molar-refractivity contribution in [1.82, 2.24) is 20.0 Å². The van der Waals surface area contributed by atoms with Crippen molar-refractivity contribution in [1.29, 1.82) is 0 Å². The third kappa shape index (κ3) is 2.85. The lowest BCUT2D eigenvalue weighted by molar-refractivity contribution is -0.0125. The molecule has 1 N–H and O–H groups in total. The zero-order valence-electron chi connectivity index (χ0n) is 11.0. The van der Waals surface area contributed by atoms with Crippen molar-refractivity contribution in [3.8, 4) is 5.82 Å². The monoisotopic (exact) mass is 272 g/mol. The fraction of sp³-hybridized carbons (Fsp3) is 0.357. The smallest absolute Gasteiger partial charge is 0.276 e. The van der Waals surface area contributed by atoms with Crippen molar-refractivity contribution in [2.24, 2.45) is 0 Å². The number of nitrogens with zero attached hydrogens (tertiary/aromatic N) is 3. The van der Waals surface area contributed by atoms with E-state index in [0.717, 1.165) is 18.7 Å². The zero-order valence-corrected chi connectivity index (χ0v) is 11.0. The summed E-state index contributed by atoms with van der Waals surface area (Å²) >= 11 is 0. The summed E-state index contributed by atoms with van der Waals surface area (Å²) in [5.41, 5.74) is 2.98. The van der Waals surface area contributed by atoms with Gasteiger partial charge in [0.25, 0.3) is 5.91 Å². The maximum atomic E-state index is 11.9. The van der Waals surface area contributed by atoms with Crippen molar-refractivity contribution < 1.29 is 9.63 Å². The lowest BCUT2D eigenvalue weighted by Crippen LogP contribution is -2.28. The number of imidazole rings is 1. The van der Waals surface area contributed by atoms with Crippen molar-refractivity contribution >= 4 is 5.91 Å². The number of rotatable bonds is 4. The van der Waals surface area contributed by atoms with Crippen LogP contribution in [0.3, 0.4) is 0 Å². The van der Waals surface area contributed by atoms with E-state index in [-0.39, 0.29) is 12.0 Å². The molecule has 1 amide bonds. The Morgan fingerprint density at radius 1 is 1.35 bits per heavy atom. The van der Waals surface area contributed by atoms with Gasteiger partial charge in [0.1, 0.15) is 12.1 Å². The maximum Gasteiger partial charge on any atom is 0.276 e. The van der Waals surface area contributed by atoms with E-state index < -0.39 is 0 Å². The molecular formula is C14H16N4O2. The van der Waals surface area contributed by atoms with E-state index in [1.807, 2.05) is 0 Å². The predicted molar refractivity (Wildman–Crippen MR) is 72.2 cm³/mol. The van der Waals surface area contributed by atoms with Gasteiger partial charge in [0, 0.05) is 18.6 Å². The van der Waals surface area contributed by atoms with Crippen molar-refractivity contribution in [2.45, 2.75) is 31.8 Å². The summed E-state index contributed by atoms with van der Waals surface area (Å²) in [4.78, 5) is 25.5. The Morgan fingerprint density at radius 3 is 2.85 bits per heavy atom. The van der Waals surface area contributed by atoms with Gasteiger partial charge in [-0.2, -0.15) is 0 Å². The van der Waals surface area contributed by atoms with E-state index in [2.05, 4.69) is 15.4 Å². The molecule has 1 saturated carbocycles. The van der Waals surface area contributed by atoms with Crippen molar-refractivity contribution in [2.75, 3.05) is 0 Å². The summed E-state index contributed by atoms with van der Waals surface area (Å²) in [5.74, 6) is 0.456. The van der Waals surface area contributed by atoms with Gasteiger partial charge >= 0.3 is 0 Å². The maximum absolute atomic E-state index is 11.9. The zero-order chi connectivity index (χ0) is 13.8. The van der Waals surface area contributed by atoms with Crippen LogP contribution in [0.5, 0.6) is 0 Å². The average Bonchev–Trinajstić information content (AvgIpc) is 3.18. The molecule has 0 saturated heterocycles. The second-order valence-electron chi connectivity index (χ2n) is 4.83. The minimum atomic E-state index is -0.262. The number of hydrogen-bond acceptors (Lipinski definition) is 4. The topological polar surface area (TPSA) is 69.0 Å². The fourth-order valence-corrected chi connectivity index (χ4v) is 2.27. The van der Waals surface area contributed by atoms with Crippen LogP contribution in [-0.4, -0.2) is 26.5 Å². The Bertz CT molecular complexity index is 559. The number of amides is 1. The van der Waals surface area contributed by atoms with E-state index in [0.29, 0.717) is 5.56 Å². The number of nitrogens with one attached hydrogen (secondary N) is 1. The highest BCUT2D eigenvalue weighted by Gasteiger charge is 2.17. The summed E-state index contributed by atoms with van der Waals surface area (Å²) in [6.45, 7) is 0. The highest BCUT2D eigenvalue weighted by molar-refractivity contribution is 5.93. The molecule has 0 aliphatic heterocycles. The Labute approximate surface area is 116 Å². The van der Waals surface area contributed by atoms with E-state index >= 15 is 0 Å². The Morgan fingerprint density at radius 2 is 2.20 bits per heavy atom. The van der Waals surface area contributed by atoms with Gasteiger partial charge < -0.3 is 0 Å². The highest BCUT2D eigenvalue weighted by Crippen LogP contribution is 2.20. The molecule has 3 rings (SSSR count). The molecule has 2 heterocycles. The largest absolute Gasteiger partial charge is 0.291 e. The second kappa shape index (κ2) is 5.83. The van der Waals surface area contributed by atoms with Crippen molar-refractivity contribution in [3.63, 3.8) is 0 Å². The molecule has 0 atom stereocenters.